The highest BCUT2D eigenvalue weighted by molar-refractivity contribution is 5.40. The van der Waals surface area contributed by atoms with Crippen molar-refractivity contribution in [1.29, 1.82) is 0 Å². The summed E-state index contributed by atoms with van der Waals surface area (Å²) in [4.78, 5) is 4.01. The minimum atomic E-state index is -0.826. The summed E-state index contributed by atoms with van der Waals surface area (Å²) in [7, 11) is 0. The van der Waals surface area contributed by atoms with Gasteiger partial charge in [0.1, 0.15) is 5.75 Å². The van der Waals surface area contributed by atoms with E-state index in [0.717, 1.165) is 12.8 Å². The van der Waals surface area contributed by atoms with E-state index in [9.17, 15) is 15.3 Å². The van der Waals surface area contributed by atoms with Crippen molar-refractivity contribution in [3.05, 3.63) is 23.0 Å². The van der Waals surface area contributed by atoms with Crippen LogP contribution in [0.1, 0.15) is 48.9 Å². The summed E-state index contributed by atoms with van der Waals surface area (Å²) < 4.78 is 0. The lowest BCUT2D eigenvalue weighted by molar-refractivity contribution is 0.0789. The number of aromatic hydroxyl groups is 1. The first kappa shape index (κ1) is 16.2. The predicted octanol–water partition coefficient (Wildman–Crippen LogP) is 0.876. The second kappa shape index (κ2) is 7.70. The number of hydrogen-bond donors (Lipinski definition) is 5. The number of rotatable bonds is 6. The molecular formula is C15H25N3O3. The molecule has 0 aliphatic heterocycles. The van der Waals surface area contributed by atoms with Crippen molar-refractivity contribution in [2.45, 2.75) is 64.6 Å². The third kappa shape index (κ3) is 4.38. The summed E-state index contributed by atoms with van der Waals surface area (Å²) in [5.74, 6) is 0.0684. The second-order valence-corrected chi connectivity index (χ2v) is 5.64. The lowest BCUT2D eigenvalue weighted by Gasteiger charge is -2.26. The van der Waals surface area contributed by atoms with E-state index in [4.69, 9.17) is 0 Å². The van der Waals surface area contributed by atoms with Crippen molar-refractivity contribution >= 4 is 0 Å². The number of aryl methyl sites for hydroxylation is 1. The monoisotopic (exact) mass is 295 g/mol. The lowest BCUT2D eigenvalue weighted by Crippen LogP contribution is -2.47. The van der Waals surface area contributed by atoms with E-state index in [1.807, 2.05) is 0 Å². The Morgan fingerprint density at radius 1 is 1.33 bits per heavy atom. The van der Waals surface area contributed by atoms with Gasteiger partial charge in [0.15, 0.2) is 6.35 Å². The van der Waals surface area contributed by atoms with E-state index >= 15 is 0 Å². The summed E-state index contributed by atoms with van der Waals surface area (Å²) in [6.45, 7) is 1.78. The molecule has 0 saturated heterocycles. The highest BCUT2D eigenvalue weighted by atomic mass is 16.3. The summed E-state index contributed by atoms with van der Waals surface area (Å²) >= 11 is 0. The molecule has 1 saturated carbocycles. The van der Waals surface area contributed by atoms with Crippen LogP contribution >= 0.6 is 0 Å². The first-order valence-electron chi connectivity index (χ1n) is 7.56. The minimum absolute atomic E-state index is 0.0684. The van der Waals surface area contributed by atoms with E-state index in [2.05, 4.69) is 15.6 Å². The van der Waals surface area contributed by atoms with Gasteiger partial charge in [-0.2, -0.15) is 0 Å². The zero-order valence-corrected chi connectivity index (χ0v) is 12.5. The molecule has 1 aliphatic carbocycles. The standard InChI is InChI=1S/C15H25N3O3/c1-10-14(20)13(11(9-19)7-16-10)8-17-15(21)18-12-5-3-2-4-6-12/h7,12,15,17-21H,2-6,8-9H2,1H3. The normalized spacial score (nSPS) is 17.9. The maximum absolute atomic E-state index is 10.0. The molecule has 118 valence electrons. The van der Waals surface area contributed by atoms with E-state index < -0.39 is 6.35 Å². The molecule has 1 heterocycles. The molecule has 0 amide bonds. The van der Waals surface area contributed by atoms with Gasteiger partial charge in [0.2, 0.25) is 0 Å². The van der Waals surface area contributed by atoms with Crippen LogP contribution in [0, 0.1) is 6.92 Å². The van der Waals surface area contributed by atoms with Crippen LogP contribution in [0.4, 0.5) is 0 Å². The van der Waals surface area contributed by atoms with Crippen molar-refractivity contribution in [2.24, 2.45) is 0 Å². The van der Waals surface area contributed by atoms with Gasteiger partial charge in [0.25, 0.3) is 0 Å². The van der Waals surface area contributed by atoms with Crippen LogP contribution in [0.3, 0.4) is 0 Å². The molecule has 0 spiro atoms. The van der Waals surface area contributed by atoms with Gasteiger partial charge >= 0.3 is 0 Å². The Bertz CT molecular complexity index is 462. The smallest absolute Gasteiger partial charge is 0.160 e. The van der Waals surface area contributed by atoms with Crippen LogP contribution in [0.15, 0.2) is 6.20 Å². The number of aliphatic hydroxyl groups is 2. The molecule has 1 aromatic rings. The van der Waals surface area contributed by atoms with E-state index in [1.165, 1.54) is 19.3 Å². The molecule has 0 bridgehead atoms. The first-order valence-corrected chi connectivity index (χ1v) is 7.56. The van der Waals surface area contributed by atoms with Crippen LogP contribution in [-0.2, 0) is 13.2 Å². The highest BCUT2D eigenvalue weighted by Crippen LogP contribution is 2.23. The molecule has 0 radical (unpaired) electrons. The average Bonchev–Trinajstić information content (AvgIpc) is 2.49. The number of aliphatic hydroxyl groups excluding tert-OH is 2. The van der Waals surface area contributed by atoms with Crippen LogP contribution in [-0.4, -0.2) is 32.7 Å². The molecule has 2 rings (SSSR count). The Kier molecular flexibility index (Phi) is 5.93. The Balaban J connectivity index is 1.91. The SMILES string of the molecule is Cc1ncc(CO)c(CNC(O)NC2CCCCC2)c1O. The van der Waals surface area contributed by atoms with E-state index in [1.54, 1.807) is 13.1 Å². The summed E-state index contributed by atoms with van der Waals surface area (Å²) in [6.07, 6.45) is 6.55. The molecule has 1 aliphatic rings. The van der Waals surface area contributed by atoms with Crippen LogP contribution in [0.2, 0.25) is 0 Å². The Labute approximate surface area is 125 Å². The predicted molar refractivity (Wildman–Crippen MR) is 79.4 cm³/mol. The van der Waals surface area contributed by atoms with Crippen molar-refractivity contribution in [3.63, 3.8) is 0 Å². The van der Waals surface area contributed by atoms with E-state index in [0.29, 0.717) is 22.9 Å². The van der Waals surface area contributed by atoms with Crippen molar-refractivity contribution < 1.29 is 15.3 Å². The van der Waals surface area contributed by atoms with Gasteiger partial charge in [-0.25, -0.2) is 0 Å². The molecule has 1 aromatic heterocycles. The second-order valence-electron chi connectivity index (χ2n) is 5.64. The van der Waals surface area contributed by atoms with Gasteiger partial charge in [0, 0.05) is 29.9 Å². The number of nitrogens with zero attached hydrogens (tertiary/aromatic N) is 1. The highest BCUT2D eigenvalue weighted by Gasteiger charge is 2.17. The third-order valence-corrected chi connectivity index (χ3v) is 4.07. The summed E-state index contributed by atoms with van der Waals surface area (Å²) in [6, 6.07) is 0.339. The molecule has 1 atom stereocenters. The Hall–Kier alpha value is -1.21. The fourth-order valence-corrected chi connectivity index (χ4v) is 2.77. The molecule has 0 aromatic carbocycles. The van der Waals surface area contributed by atoms with Crippen LogP contribution in [0.25, 0.3) is 0 Å². The maximum Gasteiger partial charge on any atom is 0.160 e. The molecule has 6 nitrogen and oxygen atoms in total. The lowest BCUT2D eigenvalue weighted by atomic mass is 9.96. The number of nitrogens with one attached hydrogen (secondary N) is 2. The van der Waals surface area contributed by atoms with Gasteiger partial charge in [0.05, 0.1) is 12.3 Å². The number of hydrogen-bond acceptors (Lipinski definition) is 6. The molecule has 21 heavy (non-hydrogen) atoms. The maximum atomic E-state index is 10.0. The first-order chi connectivity index (χ1) is 10.1. The number of pyridine rings is 1. The van der Waals surface area contributed by atoms with Gasteiger partial charge in [-0.05, 0) is 19.8 Å². The summed E-state index contributed by atoms with van der Waals surface area (Å²) in [5.41, 5.74) is 1.66. The van der Waals surface area contributed by atoms with Gasteiger partial charge < -0.3 is 15.3 Å². The zero-order valence-electron chi connectivity index (χ0n) is 12.5. The van der Waals surface area contributed by atoms with Crippen LogP contribution < -0.4 is 10.6 Å². The molecule has 5 N–H and O–H groups in total. The molecule has 1 unspecified atom stereocenters. The van der Waals surface area contributed by atoms with Crippen LogP contribution in [0.5, 0.6) is 5.75 Å². The van der Waals surface area contributed by atoms with Crippen molar-refractivity contribution in [3.8, 4) is 5.75 Å². The minimum Gasteiger partial charge on any atom is -0.506 e. The average molecular weight is 295 g/mol. The fraction of sp³-hybridized carbons (Fsp3) is 0.667. The Morgan fingerprint density at radius 3 is 2.71 bits per heavy atom. The van der Waals surface area contributed by atoms with Gasteiger partial charge in [-0.3, -0.25) is 15.6 Å². The third-order valence-electron chi connectivity index (χ3n) is 4.07. The van der Waals surface area contributed by atoms with Crippen molar-refractivity contribution in [1.82, 2.24) is 15.6 Å². The molecule has 6 heteroatoms. The fourth-order valence-electron chi connectivity index (χ4n) is 2.77. The van der Waals surface area contributed by atoms with Gasteiger partial charge in [-0.15, -0.1) is 0 Å². The quantitative estimate of drug-likeness (QED) is 0.500. The summed E-state index contributed by atoms with van der Waals surface area (Å²) in [5, 5.41) is 35.4. The number of aromatic nitrogens is 1. The topological polar surface area (TPSA) is 97.6 Å². The largest absolute Gasteiger partial charge is 0.506 e. The molecular weight excluding hydrogens is 270 g/mol. The zero-order chi connectivity index (χ0) is 15.2. The van der Waals surface area contributed by atoms with E-state index in [-0.39, 0.29) is 18.9 Å². The van der Waals surface area contributed by atoms with Crippen molar-refractivity contribution in [2.75, 3.05) is 0 Å². The molecule has 1 fully saturated rings. The van der Waals surface area contributed by atoms with Gasteiger partial charge in [-0.1, -0.05) is 19.3 Å². The Morgan fingerprint density at radius 2 is 2.05 bits per heavy atom.